The van der Waals surface area contributed by atoms with Crippen LogP contribution in [0.1, 0.15) is 12.2 Å². The lowest BCUT2D eigenvalue weighted by Gasteiger charge is -2.07. The van der Waals surface area contributed by atoms with Crippen LogP contribution in [-0.4, -0.2) is 33.4 Å². The Bertz CT molecular complexity index is 336. The molecule has 76 valence electrons. The highest BCUT2D eigenvalue weighted by molar-refractivity contribution is 5.77. The van der Waals surface area contributed by atoms with Gasteiger partial charge in [0, 0.05) is 13.5 Å². The first-order chi connectivity index (χ1) is 6.77. The van der Waals surface area contributed by atoms with Gasteiger partial charge in [0.15, 0.2) is 0 Å². The van der Waals surface area contributed by atoms with Gasteiger partial charge in [0.05, 0.1) is 13.2 Å². The van der Waals surface area contributed by atoms with Crippen molar-refractivity contribution < 1.29 is 9.53 Å². The number of esters is 1. The van der Waals surface area contributed by atoms with Crippen molar-refractivity contribution in [2.75, 3.05) is 6.61 Å². The molecule has 0 amide bonds. The average Bonchev–Trinajstić information content (AvgIpc) is 2.72. The highest BCUT2D eigenvalue weighted by Gasteiger charge is 2.25. The lowest BCUT2D eigenvalue weighted by molar-refractivity contribution is -0.139. The first-order valence-corrected chi connectivity index (χ1v) is 4.50. The Morgan fingerprint density at radius 1 is 1.79 bits per heavy atom. The summed E-state index contributed by atoms with van der Waals surface area (Å²) >= 11 is 0. The van der Waals surface area contributed by atoms with Gasteiger partial charge in [0.25, 0.3) is 0 Å². The smallest absolute Gasteiger partial charge is 0.323 e. The molecule has 2 rings (SSSR count). The molecule has 1 atom stereocenters. The van der Waals surface area contributed by atoms with Crippen LogP contribution < -0.4 is 5.32 Å². The maximum atomic E-state index is 11.1. The summed E-state index contributed by atoms with van der Waals surface area (Å²) in [6.45, 7) is 1.05. The molecule has 0 radical (unpaired) electrons. The standard InChI is InChI=1S/C8H12N4O2/c1-12-7(10-5-11-12)4-9-6-2-3-14-8(6)13/h5-6,9H,2-4H2,1H3. The molecule has 6 nitrogen and oxygen atoms in total. The molecule has 1 aromatic rings. The van der Waals surface area contributed by atoms with Crippen molar-refractivity contribution in [1.29, 1.82) is 0 Å². The number of aryl methyl sites for hydroxylation is 1. The predicted octanol–water partition coefficient (Wildman–Crippen LogP) is -0.780. The van der Waals surface area contributed by atoms with E-state index >= 15 is 0 Å². The second kappa shape index (κ2) is 3.75. The van der Waals surface area contributed by atoms with Crippen molar-refractivity contribution in [2.24, 2.45) is 7.05 Å². The molecule has 2 heterocycles. The maximum Gasteiger partial charge on any atom is 0.323 e. The van der Waals surface area contributed by atoms with Gasteiger partial charge in [-0.2, -0.15) is 5.10 Å². The van der Waals surface area contributed by atoms with Crippen LogP contribution in [0.5, 0.6) is 0 Å². The Balaban J connectivity index is 1.88. The molecule has 0 aromatic carbocycles. The first kappa shape index (κ1) is 9.14. The van der Waals surface area contributed by atoms with E-state index in [9.17, 15) is 4.79 Å². The van der Waals surface area contributed by atoms with Crippen molar-refractivity contribution >= 4 is 5.97 Å². The predicted molar refractivity (Wildman–Crippen MR) is 47.2 cm³/mol. The molecular weight excluding hydrogens is 184 g/mol. The van der Waals surface area contributed by atoms with Gasteiger partial charge in [-0.15, -0.1) is 0 Å². The number of carbonyl (C=O) groups excluding carboxylic acids is 1. The van der Waals surface area contributed by atoms with Gasteiger partial charge in [0.2, 0.25) is 0 Å². The zero-order valence-corrected chi connectivity index (χ0v) is 7.93. The lowest BCUT2D eigenvalue weighted by Crippen LogP contribution is -2.33. The summed E-state index contributed by atoms with van der Waals surface area (Å²) in [6, 6.07) is -0.188. The molecular formula is C8H12N4O2. The van der Waals surface area contributed by atoms with Crippen molar-refractivity contribution in [3.05, 3.63) is 12.2 Å². The summed E-state index contributed by atoms with van der Waals surface area (Å²) in [5, 5.41) is 7.01. The third kappa shape index (κ3) is 1.74. The maximum absolute atomic E-state index is 11.1. The van der Waals surface area contributed by atoms with Crippen molar-refractivity contribution in [3.63, 3.8) is 0 Å². The average molecular weight is 196 g/mol. The van der Waals surface area contributed by atoms with E-state index in [0.717, 1.165) is 12.2 Å². The first-order valence-electron chi connectivity index (χ1n) is 4.50. The van der Waals surface area contributed by atoms with E-state index in [1.54, 1.807) is 4.68 Å². The second-order valence-electron chi connectivity index (χ2n) is 3.19. The molecule has 1 N–H and O–H groups in total. The molecule has 1 fully saturated rings. The number of nitrogens with zero attached hydrogens (tertiary/aromatic N) is 3. The molecule has 1 unspecified atom stereocenters. The van der Waals surface area contributed by atoms with E-state index in [1.807, 2.05) is 7.05 Å². The van der Waals surface area contributed by atoms with Gasteiger partial charge >= 0.3 is 5.97 Å². The summed E-state index contributed by atoms with van der Waals surface area (Å²) in [5.74, 6) is 0.636. The van der Waals surface area contributed by atoms with Gasteiger partial charge in [-0.1, -0.05) is 0 Å². The molecule has 0 aliphatic carbocycles. The molecule has 1 aromatic heterocycles. The molecule has 0 bridgehead atoms. The molecule has 1 saturated heterocycles. The SMILES string of the molecule is Cn1ncnc1CNC1CCOC1=O. The quantitative estimate of drug-likeness (QED) is 0.642. The number of nitrogens with one attached hydrogen (secondary N) is 1. The Morgan fingerprint density at radius 2 is 2.64 bits per heavy atom. The summed E-state index contributed by atoms with van der Waals surface area (Å²) < 4.78 is 6.50. The van der Waals surface area contributed by atoms with Crippen molar-refractivity contribution in [3.8, 4) is 0 Å². The molecule has 0 saturated carbocycles. The number of ether oxygens (including phenoxy) is 1. The highest BCUT2D eigenvalue weighted by Crippen LogP contribution is 2.06. The monoisotopic (exact) mass is 196 g/mol. The highest BCUT2D eigenvalue weighted by atomic mass is 16.5. The minimum Gasteiger partial charge on any atom is -0.464 e. The van der Waals surface area contributed by atoms with Gasteiger partial charge < -0.3 is 4.74 Å². The molecule has 1 aliphatic rings. The fourth-order valence-electron chi connectivity index (χ4n) is 1.38. The molecule has 0 spiro atoms. The van der Waals surface area contributed by atoms with Crippen LogP contribution in [0.15, 0.2) is 6.33 Å². The van der Waals surface area contributed by atoms with Crippen LogP contribution in [0, 0.1) is 0 Å². The minimum absolute atomic E-state index is 0.174. The van der Waals surface area contributed by atoms with E-state index < -0.39 is 0 Å². The van der Waals surface area contributed by atoms with E-state index in [2.05, 4.69) is 15.4 Å². The number of carbonyl (C=O) groups is 1. The number of aromatic nitrogens is 3. The zero-order chi connectivity index (χ0) is 9.97. The lowest BCUT2D eigenvalue weighted by atomic mass is 10.2. The molecule has 6 heteroatoms. The van der Waals surface area contributed by atoms with Crippen molar-refractivity contribution in [1.82, 2.24) is 20.1 Å². The van der Waals surface area contributed by atoms with Gasteiger partial charge in [-0.05, 0) is 0 Å². The Kier molecular flexibility index (Phi) is 2.45. The van der Waals surface area contributed by atoms with Crippen LogP contribution >= 0.6 is 0 Å². The Labute approximate surface area is 81.3 Å². The zero-order valence-electron chi connectivity index (χ0n) is 7.93. The second-order valence-corrected chi connectivity index (χ2v) is 3.19. The normalized spacial score (nSPS) is 21.2. The fourth-order valence-corrected chi connectivity index (χ4v) is 1.38. The van der Waals surface area contributed by atoms with Crippen LogP contribution in [0.25, 0.3) is 0 Å². The minimum atomic E-state index is -0.188. The topological polar surface area (TPSA) is 69.0 Å². The van der Waals surface area contributed by atoms with Crippen LogP contribution in [0.2, 0.25) is 0 Å². The Morgan fingerprint density at radius 3 is 3.21 bits per heavy atom. The van der Waals surface area contributed by atoms with E-state index in [1.165, 1.54) is 6.33 Å². The molecule has 1 aliphatic heterocycles. The van der Waals surface area contributed by atoms with Crippen molar-refractivity contribution in [2.45, 2.75) is 19.0 Å². The van der Waals surface area contributed by atoms with E-state index in [-0.39, 0.29) is 12.0 Å². The number of hydrogen-bond donors (Lipinski definition) is 1. The number of hydrogen-bond acceptors (Lipinski definition) is 5. The number of rotatable bonds is 3. The van der Waals surface area contributed by atoms with Gasteiger partial charge in [-0.3, -0.25) is 14.8 Å². The molecule has 14 heavy (non-hydrogen) atoms. The van der Waals surface area contributed by atoms with Crippen LogP contribution in [0.4, 0.5) is 0 Å². The third-order valence-corrected chi connectivity index (χ3v) is 2.25. The van der Waals surface area contributed by atoms with Crippen LogP contribution in [-0.2, 0) is 23.1 Å². The largest absolute Gasteiger partial charge is 0.464 e. The summed E-state index contributed by atoms with van der Waals surface area (Å²) in [6.07, 6.45) is 2.22. The van der Waals surface area contributed by atoms with E-state index in [0.29, 0.717) is 13.2 Å². The van der Waals surface area contributed by atoms with Gasteiger partial charge in [-0.25, -0.2) is 4.98 Å². The fraction of sp³-hybridized carbons (Fsp3) is 0.625. The summed E-state index contributed by atoms with van der Waals surface area (Å²) in [7, 11) is 1.82. The van der Waals surface area contributed by atoms with Gasteiger partial charge in [0.1, 0.15) is 18.2 Å². The van der Waals surface area contributed by atoms with E-state index in [4.69, 9.17) is 4.74 Å². The summed E-state index contributed by atoms with van der Waals surface area (Å²) in [4.78, 5) is 15.1. The third-order valence-electron chi connectivity index (χ3n) is 2.25. The summed E-state index contributed by atoms with van der Waals surface area (Å²) in [5.41, 5.74) is 0. The Hall–Kier alpha value is -1.43. The number of cyclic esters (lactones) is 1. The van der Waals surface area contributed by atoms with Crippen LogP contribution in [0.3, 0.4) is 0 Å².